The molecule has 0 bridgehead atoms. The molecule has 0 amide bonds. The lowest BCUT2D eigenvalue weighted by molar-refractivity contribution is 0.0785. The highest BCUT2D eigenvalue weighted by Gasteiger charge is 2.18. The van der Waals surface area contributed by atoms with E-state index in [0.717, 1.165) is 16.7 Å². The Labute approximate surface area is 115 Å². The van der Waals surface area contributed by atoms with Crippen LogP contribution in [-0.2, 0) is 5.60 Å². The van der Waals surface area contributed by atoms with E-state index in [0.29, 0.717) is 5.92 Å². The Balaban J connectivity index is 2.59. The molecule has 0 saturated carbocycles. The number of rotatable bonds is 3. The third kappa shape index (κ3) is 3.21. The molecule has 0 aliphatic carbocycles. The molecule has 1 heterocycles. The van der Waals surface area contributed by atoms with E-state index in [2.05, 4.69) is 37.0 Å². The first-order valence-corrected chi connectivity index (χ1v) is 6.66. The van der Waals surface area contributed by atoms with E-state index in [9.17, 15) is 5.11 Å². The lowest BCUT2D eigenvalue weighted by atomic mass is 9.89. The second-order valence-corrected chi connectivity index (χ2v) is 5.79. The van der Waals surface area contributed by atoms with Crippen LogP contribution in [0.5, 0.6) is 0 Å². The molecule has 2 nitrogen and oxygen atoms in total. The monoisotopic (exact) mass is 255 g/mol. The van der Waals surface area contributed by atoms with Gasteiger partial charge in [-0.15, -0.1) is 0 Å². The van der Waals surface area contributed by atoms with Gasteiger partial charge in [-0.3, -0.25) is 4.98 Å². The minimum absolute atomic E-state index is 0.433. The quantitative estimate of drug-likeness (QED) is 0.895. The Morgan fingerprint density at radius 1 is 1.00 bits per heavy atom. The summed E-state index contributed by atoms with van der Waals surface area (Å²) in [6.07, 6.45) is 3.59. The molecule has 19 heavy (non-hydrogen) atoms. The maximum Gasteiger partial charge on any atom is 0.0840 e. The molecule has 0 aliphatic heterocycles. The maximum atomic E-state index is 10.3. The van der Waals surface area contributed by atoms with Crippen molar-refractivity contribution in [1.82, 2.24) is 4.98 Å². The van der Waals surface area contributed by atoms with E-state index >= 15 is 0 Å². The zero-order valence-corrected chi connectivity index (χ0v) is 12.0. The number of aromatic nitrogens is 1. The van der Waals surface area contributed by atoms with Crippen LogP contribution in [0.1, 0.15) is 44.7 Å². The molecule has 0 radical (unpaired) electrons. The second kappa shape index (κ2) is 5.14. The molecule has 0 unspecified atom stereocenters. The number of hydrogen-bond donors (Lipinski definition) is 1. The maximum absolute atomic E-state index is 10.3. The van der Waals surface area contributed by atoms with Gasteiger partial charge in [0.25, 0.3) is 0 Å². The number of benzene rings is 1. The Morgan fingerprint density at radius 3 is 2.16 bits per heavy atom. The molecule has 2 aromatic rings. The van der Waals surface area contributed by atoms with Crippen LogP contribution in [0.3, 0.4) is 0 Å². The van der Waals surface area contributed by atoms with Gasteiger partial charge in [0.15, 0.2) is 0 Å². The summed E-state index contributed by atoms with van der Waals surface area (Å²) < 4.78 is 0. The van der Waals surface area contributed by atoms with Crippen molar-refractivity contribution in [3.63, 3.8) is 0 Å². The predicted octanol–water partition coefficient (Wildman–Crippen LogP) is 4.10. The van der Waals surface area contributed by atoms with E-state index in [1.807, 2.05) is 26.0 Å². The summed E-state index contributed by atoms with van der Waals surface area (Å²) in [4.78, 5) is 4.05. The zero-order valence-electron chi connectivity index (χ0n) is 12.0. The zero-order chi connectivity index (χ0) is 14.0. The van der Waals surface area contributed by atoms with E-state index in [4.69, 9.17) is 0 Å². The van der Waals surface area contributed by atoms with Crippen molar-refractivity contribution in [2.45, 2.75) is 39.2 Å². The van der Waals surface area contributed by atoms with Gasteiger partial charge in [-0.05, 0) is 60.2 Å². The summed E-state index contributed by atoms with van der Waals surface area (Å²) in [5, 5.41) is 10.3. The van der Waals surface area contributed by atoms with E-state index in [1.165, 1.54) is 5.56 Å². The average Bonchev–Trinajstić information content (AvgIpc) is 2.38. The Morgan fingerprint density at radius 2 is 1.63 bits per heavy atom. The van der Waals surface area contributed by atoms with Gasteiger partial charge in [-0.25, -0.2) is 0 Å². The van der Waals surface area contributed by atoms with Gasteiger partial charge in [-0.2, -0.15) is 0 Å². The summed E-state index contributed by atoms with van der Waals surface area (Å²) in [7, 11) is 0. The minimum atomic E-state index is -0.827. The highest BCUT2D eigenvalue weighted by atomic mass is 16.3. The molecule has 2 rings (SSSR count). The van der Waals surface area contributed by atoms with Gasteiger partial charge in [0.1, 0.15) is 0 Å². The van der Waals surface area contributed by atoms with Gasteiger partial charge in [-0.1, -0.05) is 26.0 Å². The van der Waals surface area contributed by atoms with Crippen LogP contribution in [0.2, 0.25) is 0 Å². The molecule has 0 spiro atoms. The standard InChI is InChI=1S/C17H21NO/c1-12(2)14-9-15(13-5-7-18-8-6-13)11-16(10-14)17(3,4)19/h5-12,19H,1-4H3. The molecule has 0 aliphatic rings. The lowest BCUT2D eigenvalue weighted by Gasteiger charge is -2.21. The minimum Gasteiger partial charge on any atom is -0.386 e. The average molecular weight is 255 g/mol. The molecule has 0 atom stereocenters. The number of pyridine rings is 1. The normalized spacial score (nSPS) is 11.9. The lowest BCUT2D eigenvalue weighted by Crippen LogP contribution is -2.16. The first-order valence-electron chi connectivity index (χ1n) is 6.66. The van der Waals surface area contributed by atoms with Crippen molar-refractivity contribution in [3.05, 3.63) is 53.9 Å². The molecular formula is C17H21NO. The Bertz CT molecular complexity index is 553. The largest absolute Gasteiger partial charge is 0.386 e. The third-order valence-corrected chi connectivity index (χ3v) is 3.34. The number of nitrogens with zero attached hydrogens (tertiary/aromatic N) is 1. The summed E-state index contributed by atoms with van der Waals surface area (Å²) >= 11 is 0. The molecule has 0 saturated heterocycles. The van der Waals surface area contributed by atoms with Gasteiger partial charge in [0.2, 0.25) is 0 Å². The van der Waals surface area contributed by atoms with Crippen LogP contribution in [0.25, 0.3) is 11.1 Å². The Hall–Kier alpha value is -1.67. The van der Waals surface area contributed by atoms with Gasteiger partial charge in [0.05, 0.1) is 5.60 Å². The van der Waals surface area contributed by atoms with Crippen LogP contribution in [-0.4, -0.2) is 10.1 Å². The van der Waals surface area contributed by atoms with Crippen LogP contribution in [0.15, 0.2) is 42.7 Å². The van der Waals surface area contributed by atoms with Crippen molar-refractivity contribution in [2.24, 2.45) is 0 Å². The first-order chi connectivity index (χ1) is 8.88. The summed E-state index contributed by atoms with van der Waals surface area (Å²) in [6, 6.07) is 10.3. The molecule has 100 valence electrons. The molecule has 1 N–H and O–H groups in total. The fraction of sp³-hybridized carbons (Fsp3) is 0.353. The van der Waals surface area contributed by atoms with Crippen LogP contribution < -0.4 is 0 Å². The van der Waals surface area contributed by atoms with Crippen LogP contribution in [0, 0.1) is 0 Å². The van der Waals surface area contributed by atoms with E-state index in [1.54, 1.807) is 12.4 Å². The molecule has 1 aromatic heterocycles. The van der Waals surface area contributed by atoms with Crippen molar-refractivity contribution in [3.8, 4) is 11.1 Å². The molecule has 0 fully saturated rings. The SMILES string of the molecule is CC(C)c1cc(-c2ccncc2)cc(C(C)(C)O)c1. The second-order valence-electron chi connectivity index (χ2n) is 5.79. The van der Waals surface area contributed by atoms with Crippen molar-refractivity contribution >= 4 is 0 Å². The molecular weight excluding hydrogens is 234 g/mol. The topological polar surface area (TPSA) is 33.1 Å². The van der Waals surface area contributed by atoms with Crippen molar-refractivity contribution in [2.75, 3.05) is 0 Å². The van der Waals surface area contributed by atoms with Gasteiger partial charge >= 0.3 is 0 Å². The first kappa shape index (κ1) is 13.8. The van der Waals surface area contributed by atoms with Crippen LogP contribution >= 0.6 is 0 Å². The van der Waals surface area contributed by atoms with Gasteiger partial charge < -0.3 is 5.11 Å². The third-order valence-electron chi connectivity index (χ3n) is 3.34. The predicted molar refractivity (Wildman–Crippen MR) is 79.0 cm³/mol. The molecule has 1 aromatic carbocycles. The summed E-state index contributed by atoms with van der Waals surface area (Å²) in [5.41, 5.74) is 3.62. The van der Waals surface area contributed by atoms with Gasteiger partial charge in [0, 0.05) is 12.4 Å². The summed E-state index contributed by atoms with van der Waals surface area (Å²) in [5.74, 6) is 0.433. The van der Waals surface area contributed by atoms with Crippen molar-refractivity contribution in [1.29, 1.82) is 0 Å². The van der Waals surface area contributed by atoms with Crippen molar-refractivity contribution < 1.29 is 5.11 Å². The van der Waals surface area contributed by atoms with E-state index < -0.39 is 5.60 Å². The fourth-order valence-electron chi connectivity index (χ4n) is 2.05. The van der Waals surface area contributed by atoms with Crippen LogP contribution in [0.4, 0.5) is 0 Å². The highest BCUT2D eigenvalue weighted by molar-refractivity contribution is 5.65. The highest BCUT2D eigenvalue weighted by Crippen LogP contribution is 2.30. The number of hydrogen-bond acceptors (Lipinski definition) is 2. The summed E-state index contributed by atoms with van der Waals surface area (Å²) in [6.45, 7) is 7.98. The smallest absolute Gasteiger partial charge is 0.0840 e. The fourth-order valence-corrected chi connectivity index (χ4v) is 2.05. The Kier molecular flexibility index (Phi) is 3.72. The number of aliphatic hydroxyl groups is 1. The van der Waals surface area contributed by atoms with E-state index in [-0.39, 0.29) is 0 Å². The molecule has 2 heteroatoms.